The number of piperidine rings is 1. The molecule has 2 aliphatic heterocycles. The lowest BCUT2D eigenvalue weighted by molar-refractivity contribution is -0.136. The molecule has 1 aliphatic carbocycles. The van der Waals surface area contributed by atoms with E-state index in [9.17, 15) is 23.6 Å². The molecular formula is C39H34FN7O6. The molecule has 1 saturated carbocycles. The van der Waals surface area contributed by atoms with Gasteiger partial charge in [0.1, 0.15) is 29.5 Å². The van der Waals surface area contributed by atoms with Crippen molar-refractivity contribution < 1.29 is 33.0 Å². The van der Waals surface area contributed by atoms with E-state index in [0.29, 0.717) is 17.3 Å². The third-order valence-corrected chi connectivity index (χ3v) is 10.0. The Labute approximate surface area is 303 Å². The number of carbonyl (C=O) groups excluding carboxylic acids is 4. The van der Waals surface area contributed by atoms with Gasteiger partial charge in [-0.3, -0.25) is 29.4 Å². The lowest BCUT2D eigenvalue weighted by Crippen LogP contribution is -2.54. The molecule has 4 heterocycles. The smallest absolute Gasteiger partial charge is 0.262 e. The minimum absolute atomic E-state index is 0.0120. The molecule has 1 saturated heterocycles. The molecule has 5 aromatic rings. The number of carbonyl (C=O) groups is 4. The van der Waals surface area contributed by atoms with Gasteiger partial charge in [0.15, 0.2) is 11.6 Å². The molecule has 0 spiro atoms. The van der Waals surface area contributed by atoms with Crippen LogP contribution in [0, 0.1) is 5.82 Å². The van der Waals surface area contributed by atoms with E-state index in [2.05, 4.69) is 51.9 Å². The fourth-order valence-electron chi connectivity index (χ4n) is 6.93. The van der Waals surface area contributed by atoms with Crippen LogP contribution in [0.15, 0.2) is 91.4 Å². The van der Waals surface area contributed by atoms with Gasteiger partial charge >= 0.3 is 0 Å². The van der Waals surface area contributed by atoms with E-state index in [1.807, 2.05) is 36.4 Å². The van der Waals surface area contributed by atoms with E-state index < -0.39 is 35.5 Å². The Morgan fingerprint density at radius 2 is 1.58 bits per heavy atom. The number of amides is 4. The molecule has 2 fully saturated rings. The Morgan fingerprint density at radius 3 is 2.26 bits per heavy atom. The normalized spacial score (nSPS) is 19.8. The Bertz CT molecular complexity index is 2240. The summed E-state index contributed by atoms with van der Waals surface area (Å²) < 4.78 is 27.7. The lowest BCUT2D eigenvalue weighted by Gasteiger charge is -2.36. The van der Waals surface area contributed by atoms with Crippen molar-refractivity contribution in [2.24, 2.45) is 0 Å². The highest BCUT2D eigenvalue weighted by Crippen LogP contribution is 2.37. The van der Waals surface area contributed by atoms with Crippen LogP contribution in [0.2, 0.25) is 0 Å². The van der Waals surface area contributed by atoms with Gasteiger partial charge in [0.05, 0.1) is 29.7 Å². The largest absolute Gasteiger partial charge is 0.490 e. The zero-order chi connectivity index (χ0) is 36.9. The van der Waals surface area contributed by atoms with Crippen LogP contribution >= 0.6 is 0 Å². The number of anilines is 1. The first-order valence-corrected chi connectivity index (χ1v) is 17.2. The molecule has 53 heavy (non-hydrogen) atoms. The van der Waals surface area contributed by atoms with Gasteiger partial charge in [0, 0.05) is 42.5 Å². The second-order valence-electron chi connectivity index (χ2n) is 13.9. The highest BCUT2D eigenvalue weighted by molar-refractivity contribution is 6.23. The maximum Gasteiger partial charge on any atom is 0.262 e. The summed E-state index contributed by atoms with van der Waals surface area (Å²) in [7, 11) is 0. The summed E-state index contributed by atoms with van der Waals surface area (Å²) in [6.45, 7) is 4.27. The molecule has 0 bridgehead atoms. The van der Waals surface area contributed by atoms with E-state index in [1.54, 1.807) is 24.4 Å². The van der Waals surface area contributed by atoms with E-state index in [-0.39, 0.29) is 47.3 Å². The monoisotopic (exact) mass is 715 g/mol. The molecule has 268 valence electrons. The second-order valence-corrected chi connectivity index (χ2v) is 13.9. The molecule has 8 rings (SSSR count). The van der Waals surface area contributed by atoms with Gasteiger partial charge in [-0.1, -0.05) is 43.3 Å². The van der Waals surface area contributed by atoms with Crippen LogP contribution in [0.3, 0.4) is 0 Å². The van der Waals surface area contributed by atoms with Crippen molar-refractivity contribution in [3.63, 3.8) is 0 Å². The average Bonchev–Trinajstić information content (AvgIpc) is 3.74. The average molecular weight is 716 g/mol. The second kappa shape index (κ2) is 13.3. The van der Waals surface area contributed by atoms with Gasteiger partial charge in [-0.05, 0) is 60.0 Å². The van der Waals surface area contributed by atoms with E-state index in [1.165, 1.54) is 16.9 Å². The molecule has 2 aromatic heterocycles. The van der Waals surface area contributed by atoms with Gasteiger partial charge in [-0.15, -0.1) is 5.10 Å². The van der Waals surface area contributed by atoms with E-state index >= 15 is 0 Å². The molecule has 14 heteroatoms. The number of pyridine rings is 1. The number of ether oxygens (including phenoxy) is 2. The van der Waals surface area contributed by atoms with Crippen LogP contribution in [0.1, 0.15) is 71.4 Å². The lowest BCUT2D eigenvalue weighted by atomic mass is 9.78. The molecule has 4 amide bonds. The molecule has 13 nitrogen and oxygen atoms in total. The predicted octanol–water partition coefficient (Wildman–Crippen LogP) is 5.34. The zero-order valence-corrected chi connectivity index (χ0v) is 28.8. The number of imide groups is 2. The van der Waals surface area contributed by atoms with Crippen molar-refractivity contribution >= 4 is 29.3 Å². The number of hydrogen-bond donors (Lipinski definition) is 2. The number of rotatable bonds is 10. The van der Waals surface area contributed by atoms with Crippen LogP contribution in [-0.4, -0.2) is 66.7 Å². The molecule has 3 aliphatic rings. The van der Waals surface area contributed by atoms with E-state index in [4.69, 9.17) is 9.47 Å². The Balaban J connectivity index is 0.852. The van der Waals surface area contributed by atoms with Crippen molar-refractivity contribution in [1.29, 1.82) is 0 Å². The summed E-state index contributed by atoms with van der Waals surface area (Å²) in [6.07, 6.45) is 5.90. The van der Waals surface area contributed by atoms with Crippen molar-refractivity contribution in [3.05, 3.63) is 119 Å². The number of hydrogen-bond acceptors (Lipinski definition) is 10. The SMILES string of the molecule is CC(C)(c1ccc(Oc2cc(F)cnc2-n2ccnn2)cc1)c1ccc(O[C@H]2C[C@H](Nc3ccc4c(c3)C(=O)N(C3CCC(=O)NC3=O)C4=O)C2)cc1. The van der Waals surface area contributed by atoms with Crippen LogP contribution in [0.25, 0.3) is 5.82 Å². The summed E-state index contributed by atoms with van der Waals surface area (Å²) in [5.41, 5.74) is 3.00. The Hall–Kier alpha value is -6.44. The highest BCUT2D eigenvalue weighted by atomic mass is 19.1. The van der Waals surface area contributed by atoms with Gasteiger partial charge in [0.2, 0.25) is 11.8 Å². The number of halogens is 1. The van der Waals surface area contributed by atoms with Gasteiger partial charge < -0.3 is 14.8 Å². The van der Waals surface area contributed by atoms with Crippen LogP contribution in [0.5, 0.6) is 17.2 Å². The zero-order valence-electron chi connectivity index (χ0n) is 28.8. The Morgan fingerprint density at radius 1 is 0.887 bits per heavy atom. The summed E-state index contributed by atoms with van der Waals surface area (Å²) >= 11 is 0. The fraction of sp³-hybridized carbons (Fsp3) is 0.256. The molecular weight excluding hydrogens is 681 g/mol. The minimum Gasteiger partial charge on any atom is -0.490 e. The standard InChI is InChI=1S/C39H34FN7O6/c1-39(2,23-5-10-28(11-6-23)53-33-17-24(40)21-41-35(33)46-16-15-42-45-46)22-3-8-27(9-4-22)52-29-18-26(19-29)43-25-7-12-30-31(20-25)38(51)47(37(30)50)32-13-14-34(48)44-36(32)49/h3-12,15-17,20-21,26,29,32,43H,13-14,18-19H2,1-2H3,(H,44,48,49)/t26-,29-,32?. The van der Waals surface area contributed by atoms with Gasteiger partial charge in [-0.25, -0.2) is 9.37 Å². The van der Waals surface area contributed by atoms with Crippen molar-refractivity contribution in [3.8, 4) is 23.1 Å². The number of nitrogens with zero attached hydrogens (tertiary/aromatic N) is 5. The number of fused-ring (bicyclic) bond motifs is 1. The summed E-state index contributed by atoms with van der Waals surface area (Å²) in [5, 5.41) is 13.4. The number of aromatic nitrogens is 4. The number of benzene rings is 3. The quantitative estimate of drug-likeness (QED) is 0.181. The minimum atomic E-state index is -0.998. The molecule has 1 atom stereocenters. The molecule has 1 unspecified atom stereocenters. The van der Waals surface area contributed by atoms with E-state index in [0.717, 1.165) is 40.8 Å². The van der Waals surface area contributed by atoms with Gasteiger partial charge in [-0.2, -0.15) is 4.68 Å². The summed E-state index contributed by atoms with van der Waals surface area (Å²) in [6, 6.07) is 21.1. The third-order valence-electron chi connectivity index (χ3n) is 10.0. The summed E-state index contributed by atoms with van der Waals surface area (Å²) in [4.78, 5) is 55.2. The fourth-order valence-corrected chi connectivity index (χ4v) is 6.93. The van der Waals surface area contributed by atoms with Crippen molar-refractivity contribution in [1.82, 2.24) is 30.2 Å². The third kappa shape index (κ3) is 6.47. The molecule has 3 aromatic carbocycles. The highest BCUT2D eigenvalue weighted by Gasteiger charge is 2.45. The molecule has 0 radical (unpaired) electrons. The van der Waals surface area contributed by atoms with Crippen LogP contribution in [0.4, 0.5) is 10.1 Å². The Kier molecular flexibility index (Phi) is 8.44. The van der Waals surface area contributed by atoms with Gasteiger partial charge in [0.25, 0.3) is 11.8 Å². The number of nitrogens with one attached hydrogen (secondary N) is 2. The van der Waals surface area contributed by atoms with Crippen molar-refractivity contribution in [2.45, 2.75) is 63.1 Å². The van der Waals surface area contributed by atoms with Crippen molar-refractivity contribution in [2.75, 3.05) is 5.32 Å². The summed E-state index contributed by atoms with van der Waals surface area (Å²) in [5.74, 6) is -0.819. The predicted molar refractivity (Wildman–Crippen MR) is 188 cm³/mol. The van der Waals surface area contributed by atoms with Crippen LogP contribution < -0.4 is 20.1 Å². The topological polar surface area (TPSA) is 158 Å². The first kappa shape index (κ1) is 33.7. The maximum absolute atomic E-state index is 14.0. The maximum atomic E-state index is 14.0. The first-order chi connectivity index (χ1) is 25.5. The van der Waals surface area contributed by atoms with Crippen LogP contribution in [-0.2, 0) is 15.0 Å². The first-order valence-electron chi connectivity index (χ1n) is 17.2. The molecule has 2 N–H and O–H groups in total.